The second-order valence-electron chi connectivity index (χ2n) is 7.29. The molecule has 1 atom stereocenters. The second kappa shape index (κ2) is 9.05. The van der Waals surface area contributed by atoms with Crippen molar-refractivity contribution in [2.24, 2.45) is 5.92 Å². The zero-order valence-corrected chi connectivity index (χ0v) is 18.0. The number of halogens is 1. The smallest absolute Gasteiger partial charge is 0.322 e. The predicted molar refractivity (Wildman–Crippen MR) is 113 cm³/mol. The molecular weight excluding hydrogens is 439 g/mol. The molecule has 4 rings (SSSR count). The van der Waals surface area contributed by atoms with Crippen LogP contribution in [0.15, 0.2) is 57.8 Å². The quantitative estimate of drug-likeness (QED) is 0.601. The molecule has 2 aromatic carbocycles. The lowest BCUT2D eigenvalue weighted by Gasteiger charge is -2.30. The van der Waals surface area contributed by atoms with Crippen LogP contribution in [0.1, 0.15) is 12.8 Å². The molecule has 1 fully saturated rings. The summed E-state index contributed by atoms with van der Waals surface area (Å²) >= 11 is 0. The van der Waals surface area contributed by atoms with Gasteiger partial charge in [-0.1, -0.05) is 5.10 Å². The maximum Gasteiger partial charge on any atom is 0.322 e. The first-order valence-electron chi connectivity index (χ1n) is 9.91. The molecule has 0 aliphatic carbocycles. The fourth-order valence-corrected chi connectivity index (χ4v) is 4.99. The molecule has 1 aromatic heterocycles. The van der Waals surface area contributed by atoms with Crippen LogP contribution in [0.3, 0.4) is 0 Å². The van der Waals surface area contributed by atoms with Crippen LogP contribution in [0.4, 0.5) is 10.4 Å². The lowest BCUT2D eigenvalue weighted by molar-refractivity contribution is -0.121. The monoisotopic (exact) mass is 460 g/mol. The van der Waals surface area contributed by atoms with Gasteiger partial charge in [-0.2, -0.15) is 4.31 Å². The Labute approximate surface area is 184 Å². The highest BCUT2D eigenvalue weighted by Gasteiger charge is 2.33. The maximum absolute atomic E-state index is 13.1. The average Bonchev–Trinajstić information content (AvgIpc) is 3.28. The van der Waals surface area contributed by atoms with Gasteiger partial charge in [-0.25, -0.2) is 12.8 Å². The molecule has 0 saturated carbocycles. The molecule has 0 spiro atoms. The highest BCUT2D eigenvalue weighted by molar-refractivity contribution is 7.89. The Morgan fingerprint density at radius 3 is 2.56 bits per heavy atom. The fourth-order valence-electron chi connectivity index (χ4n) is 3.46. The van der Waals surface area contributed by atoms with Crippen molar-refractivity contribution >= 4 is 21.9 Å². The van der Waals surface area contributed by atoms with Crippen molar-refractivity contribution in [1.29, 1.82) is 0 Å². The van der Waals surface area contributed by atoms with E-state index >= 15 is 0 Å². The Bertz CT molecular complexity index is 1200. The number of amides is 1. The highest BCUT2D eigenvalue weighted by Crippen LogP contribution is 2.26. The summed E-state index contributed by atoms with van der Waals surface area (Å²) in [5.74, 6) is -0.688. The van der Waals surface area contributed by atoms with Crippen molar-refractivity contribution in [3.63, 3.8) is 0 Å². The van der Waals surface area contributed by atoms with Crippen LogP contribution in [0.2, 0.25) is 0 Å². The zero-order chi connectivity index (χ0) is 22.7. The molecule has 1 amide bonds. The number of hydrogen-bond acceptors (Lipinski definition) is 7. The van der Waals surface area contributed by atoms with Crippen LogP contribution < -0.4 is 10.1 Å². The number of hydrogen-bond donors (Lipinski definition) is 1. The lowest BCUT2D eigenvalue weighted by atomic mass is 9.99. The number of methoxy groups -OCH3 is 1. The molecule has 1 aliphatic heterocycles. The lowest BCUT2D eigenvalue weighted by Crippen LogP contribution is -2.43. The van der Waals surface area contributed by atoms with Crippen molar-refractivity contribution < 1.29 is 26.8 Å². The van der Waals surface area contributed by atoms with Crippen LogP contribution in [0.25, 0.3) is 11.5 Å². The minimum absolute atomic E-state index is 0.0408. The van der Waals surface area contributed by atoms with Gasteiger partial charge >= 0.3 is 6.01 Å². The molecule has 11 heteroatoms. The molecule has 2 heterocycles. The summed E-state index contributed by atoms with van der Waals surface area (Å²) in [5.41, 5.74) is 0.508. The molecule has 3 aromatic rings. The Kier molecular flexibility index (Phi) is 6.19. The topological polar surface area (TPSA) is 115 Å². The summed E-state index contributed by atoms with van der Waals surface area (Å²) in [7, 11) is -2.24. The van der Waals surface area contributed by atoms with E-state index in [0.29, 0.717) is 30.7 Å². The van der Waals surface area contributed by atoms with Crippen molar-refractivity contribution in [2.75, 3.05) is 25.5 Å². The number of nitrogens with zero attached hydrogens (tertiary/aromatic N) is 3. The van der Waals surface area contributed by atoms with Crippen LogP contribution in [0.5, 0.6) is 5.75 Å². The summed E-state index contributed by atoms with van der Waals surface area (Å²) < 4.78 is 50.8. The van der Waals surface area contributed by atoms with E-state index in [4.69, 9.17) is 9.15 Å². The van der Waals surface area contributed by atoms with Crippen LogP contribution in [-0.2, 0) is 14.8 Å². The van der Waals surface area contributed by atoms with E-state index in [-0.39, 0.29) is 23.3 Å². The van der Waals surface area contributed by atoms with Crippen molar-refractivity contribution in [1.82, 2.24) is 14.5 Å². The molecule has 1 N–H and O–H groups in total. The molecule has 32 heavy (non-hydrogen) atoms. The van der Waals surface area contributed by atoms with Gasteiger partial charge in [0.15, 0.2) is 0 Å². The van der Waals surface area contributed by atoms with E-state index in [2.05, 4.69) is 15.5 Å². The number of sulfonamides is 1. The summed E-state index contributed by atoms with van der Waals surface area (Å²) in [6, 6.07) is 11.5. The van der Waals surface area contributed by atoms with E-state index < -0.39 is 27.7 Å². The Morgan fingerprint density at radius 1 is 1.16 bits per heavy atom. The number of rotatable bonds is 6. The van der Waals surface area contributed by atoms with Crippen LogP contribution in [-0.4, -0.2) is 49.0 Å². The number of benzene rings is 2. The van der Waals surface area contributed by atoms with Gasteiger partial charge in [0, 0.05) is 18.7 Å². The summed E-state index contributed by atoms with van der Waals surface area (Å²) in [6.45, 7) is 0.368. The second-order valence-corrected chi connectivity index (χ2v) is 9.22. The minimum Gasteiger partial charge on any atom is -0.497 e. The first-order valence-corrected chi connectivity index (χ1v) is 11.4. The molecular formula is C21H21FN4O5S. The Balaban J connectivity index is 1.43. The van der Waals surface area contributed by atoms with Gasteiger partial charge in [0.25, 0.3) is 0 Å². The molecule has 0 radical (unpaired) electrons. The molecule has 168 valence electrons. The van der Waals surface area contributed by atoms with Gasteiger partial charge in [-0.3, -0.25) is 10.1 Å². The Morgan fingerprint density at radius 2 is 1.88 bits per heavy atom. The first kappa shape index (κ1) is 21.9. The van der Waals surface area contributed by atoms with Crippen molar-refractivity contribution in [3.05, 3.63) is 54.3 Å². The van der Waals surface area contributed by atoms with Gasteiger partial charge in [-0.15, -0.1) is 5.10 Å². The number of ether oxygens (including phenoxy) is 1. The van der Waals surface area contributed by atoms with E-state index in [9.17, 15) is 17.6 Å². The standard InChI is InChI=1S/C21H21FN4O5S/c1-30-17-8-10-18(11-9-17)32(28,29)26-12-2-3-15(13-26)19(27)23-21-25-24-20(31-21)14-4-6-16(22)7-5-14/h4-11,15H,2-3,12-13H2,1H3,(H,23,25,27). The summed E-state index contributed by atoms with van der Waals surface area (Å²) in [6.07, 6.45) is 1.07. The van der Waals surface area contributed by atoms with Gasteiger partial charge in [0.1, 0.15) is 11.6 Å². The van der Waals surface area contributed by atoms with Gasteiger partial charge in [0.2, 0.25) is 21.8 Å². The third-order valence-electron chi connectivity index (χ3n) is 5.20. The highest BCUT2D eigenvalue weighted by atomic mass is 32.2. The summed E-state index contributed by atoms with van der Waals surface area (Å²) in [5, 5.41) is 10.2. The molecule has 0 bridgehead atoms. The minimum atomic E-state index is -3.75. The molecule has 1 unspecified atom stereocenters. The van der Waals surface area contributed by atoms with Crippen molar-refractivity contribution in [3.8, 4) is 17.2 Å². The fraction of sp³-hybridized carbons (Fsp3) is 0.286. The number of anilines is 1. The third kappa shape index (κ3) is 4.63. The number of carbonyl (C=O) groups is 1. The average molecular weight is 460 g/mol. The number of carbonyl (C=O) groups excluding carboxylic acids is 1. The third-order valence-corrected chi connectivity index (χ3v) is 7.08. The van der Waals surface area contributed by atoms with Gasteiger partial charge in [0.05, 0.1) is 17.9 Å². The first-order chi connectivity index (χ1) is 15.4. The van der Waals surface area contributed by atoms with Crippen LogP contribution in [0, 0.1) is 11.7 Å². The molecule has 9 nitrogen and oxygen atoms in total. The molecule has 1 saturated heterocycles. The van der Waals surface area contributed by atoms with E-state index in [1.54, 1.807) is 12.1 Å². The van der Waals surface area contributed by atoms with E-state index in [0.717, 1.165) is 0 Å². The largest absolute Gasteiger partial charge is 0.497 e. The summed E-state index contributed by atoms with van der Waals surface area (Å²) in [4.78, 5) is 12.9. The maximum atomic E-state index is 13.1. The van der Waals surface area contributed by atoms with Crippen molar-refractivity contribution in [2.45, 2.75) is 17.7 Å². The number of nitrogens with one attached hydrogen (secondary N) is 1. The zero-order valence-electron chi connectivity index (χ0n) is 17.2. The van der Waals surface area contributed by atoms with E-state index in [1.165, 1.54) is 47.8 Å². The number of piperidine rings is 1. The number of aromatic nitrogens is 2. The van der Waals surface area contributed by atoms with Crippen LogP contribution >= 0.6 is 0 Å². The van der Waals surface area contributed by atoms with Gasteiger partial charge < -0.3 is 9.15 Å². The van der Waals surface area contributed by atoms with Gasteiger partial charge in [-0.05, 0) is 61.4 Å². The SMILES string of the molecule is COc1ccc(S(=O)(=O)N2CCCC(C(=O)Nc3nnc(-c4ccc(F)cc4)o3)C2)cc1. The normalized spacial score (nSPS) is 17.1. The molecule has 1 aliphatic rings. The van der Waals surface area contributed by atoms with E-state index in [1.807, 2.05) is 0 Å². The predicted octanol–water partition coefficient (Wildman–Crippen LogP) is 2.92. The Hall–Kier alpha value is -3.31.